The number of hydrogen-bond donors (Lipinski definition) is 2. The minimum Gasteiger partial charge on any atom is -0.396 e. The van der Waals surface area contributed by atoms with Crippen LogP contribution in [-0.4, -0.2) is 10.8 Å². The molecule has 1 heterocycles. The van der Waals surface area contributed by atoms with E-state index in [2.05, 4.69) is 4.98 Å². The number of H-pyrrole nitrogens is 1. The van der Waals surface area contributed by atoms with E-state index >= 15 is 0 Å². The van der Waals surface area contributed by atoms with Crippen molar-refractivity contribution in [1.29, 1.82) is 0 Å². The van der Waals surface area contributed by atoms with Gasteiger partial charge in [-0.3, -0.25) is 4.79 Å². The second kappa shape index (κ2) is 4.09. The number of aromatic nitrogens is 1. The van der Waals surface area contributed by atoms with Gasteiger partial charge < -0.3 is 10.7 Å². The van der Waals surface area contributed by atoms with Gasteiger partial charge in [0, 0.05) is 11.3 Å². The summed E-state index contributed by atoms with van der Waals surface area (Å²) in [7, 11) is 0. The molecule has 2 rings (SSSR count). The monoisotopic (exact) mass is 228 g/mol. The van der Waals surface area contributed by atoms with Crippen molar-refractivity contribution in [2.75, 3.05) is 5.73 Å². The van der Waals surface area contributed by atoms with Crippen LogP contribution in [0.5, 0.6) is 0 Å². The summed E-state index contributed by atoms with van der Waals surface area (Å²) < 4.78 is 0. The summed E-state index contributed by atoms with van der Waals surface area (Å²) >= 11 is 0. The Labute approximate surface area is 101 Å². The lowest BCUT2D eigenvalue weighted by Crippen LogP contribution is -1.98. The van der Waals surface area contributed by atoms with Gasteiger partial charge in [0.1, 0.15) is 0 Å². The van der Waals surface area contributed by atoms with Crippen molar-refractivity contribution in [2.45, 2.75) is 20.8 Å². The molecule has 0 atom stereocenters. The first kappa shape index (κ1) is 11.5. The van der Waals surface area contributed by atoms with Crippen LogP contribution in [0.25, 0.3) is 11.3 Å². The van der Waals surface area contributed by atoms with E-state index in [-0.39, 0.29) is 5.78 Å². The summed E-state index contributed by atoms with van der Waals surface area (Å²) in [5.74, 6) is -0.00499. The molecule has 0 bridgehead atoms. The quantitative estimate of drug-likeness (QED) is 0.776. The molecule has 3 heteroatoms. The summed E-state index contributed by atoms with van der Waals surface area (Å²) in [5.41, 5.74) is 11.0. The third-order valence-electron chi connectivity index (χ3n) is 2.92. The number of nitrogens with one attached hydrogen (secondary N) is 1. The number of aromatic amines is 1. The standard InChI is InChI=1S/C14H16N2O/c1-8-4-6-11(7-5-8)14-13(15)12(10(3)17)9(2)16-14/h4-7,16H,15H2,1-3H3. The maximum Gasteiger partial charge on any atom is 0.163 e. The van der Waals surface area contributed by atoms with Crippen LogP contribution in [0.2, 0.25) is 0 Å². The van der Waals surface area contributed by atoms with Crippen molar-refractivity contribution < 1.29 is 4.79 Å². The number of carbonyl (C=O) groups excluding carboxylic acids is 1. The van der Waals surface area contributed by atoms with Gasteiger partial charge in [-0.15, -0.1) is 0 Å². The summed E-state index contributed by atoms with van der Waals surface area (Å²) in [6.07, 6.45) is 0. The fourth-order valence-corrected chi connectivity index (χ4v) is 2.05. The maximum atomic E-state index is 11.5. The average Bonchev–Trinajstić information content (AvgIpc) is 2.55. The first-order valence-electron chi connectivity index (χ1n) is 5.56. The van der Waals surface area contributed by atoms with E-state index in [1.807, 2.05) is 38.1 Å². The van der Waals surface area contributed by atoms with Gasteiger partial charge in [-0.05, 0) is 20.8 Å². The van der Waals surface area contributed by atoms with Gasteiger partial charge >= 0.3 is 0 Å². The molecule has 0 aliphatic heterocycles. The van der Waals surface area contributed by atoms with Crippen molar-refractivity contribution in [3.05, 3.63) is 41.1 Å². The molecule has 2 aromatic rings. The molecule has 3 N–H and O–H groups in total. The second-order valence-electron chi connectivity index (χ2n) is 4.34. The lowest BCUT2D eigenvalue weighted by atomic mass is 10.1. The van der Waals surface area contributed by atoms with Gasteiger partial charge in [0.05, 0.1) is 16.9 Å². The Morgan fingerprint density at radius 2 is 1.76 bits per heavy atom. The molecule has 0 unspecified atom stereocenters. The summed E-state index contributed by atoms with van der Waals surface area (Å²) in [6, 6.07) is 8.05. The van der Waals surface area contributed by atoms with E-state index in [0.717, 1.165) is 17.0 Å². The van der Waals surface area contributed by atoms with E-state index in [1.165, 1.54) is 12.5 Å². The van der Waals surface area contributed by atoms with Gasteiger partial charge in [0.25, 0.3) is 0 Å². The molecule has 1 aromatic carbocycles. The van der Waals surface area contributed by atoms with Crippen molar-refractivity contribution in [1.82, 2.24) is 4.98 Å². The van der Waals surface area contributed by atoms with Crippen LogP contribution in [0, 0.1) is 13.8 Å². The van der Waals surface area contributed by atoms with Crippen LogP contribution in [0.1, 0.15) is 28.5 Å². The number of ketones is 1. The highest BCUT2D eigenvalue weighted by Gasteiger charge is 2.16. The highest BCUT2D eigenvalue weighted by atomic mass is 16.1. The number of nitrogen functional groups attached to an aromatic ring is 1. The SMILES string of the molecule is CC(=O)c1c(C)[nH]c(-c2ccc(C)cc2)c1N. The van der Waals surface area contributed by atoms with Crippen molar-refractivity contribution in [3.8, 4) is 11.3 Å². The largest absolute Gasteiger partial charge is 0.396 e. The first-order chi connectivity index (χ1) is 8.00. The van der Waals surface area contributed by atoms with Crippen LogP contribution in [-0.2, 0) is 0 Å². The zero-order valence-electron chi connectivity index (χ0n) is 10.3. The van der Waals surface area contributed by atoms with E-state index in [9.17, 15) is 4.79 Å². The molecule has 17 heavy (non-hydrogen) atoms. The third-order valence-corrected chi connectivity index (χ3v) is 2.92. The van der Waals surface area contributed by atoms with Gasteiger partial charge in [-0.25, -0.2) is 0 Å². The molecular weight excluding hydrogens is 212 g/mol. The van der Waals surface area contributed by atoms with Crippen LogP contribution in [0.3, 0.4) is 0 Å². The van der Waals surface area contributed by atoms with Gasteiger partial charge in [0.2, 0.25) is 0 Å². The second-order valence-corrected chi connectivity index (χ2v) is 4.34. The third kappa shape index (κ3) is 1.96. The normalized spacial score (nSPS) is 10.5. The number of anilines is 1. The van der Waals surface area contributed by atoms with Crippen LogP contribution >= 0.6 is 0 Å². The highest BCUT2D eigenvalue weighted by molar-refractivity contribution is 6.03. The number of aryl methyl sites for hydroxylation is 2. The fraction of sp³-hybridized carbons (Fsp3) is 0.214. The predicted molar refractivity (Wildman–Crippen MR) is 70.1 cm³/mol. The zero-order chi connectivity index (χ0) is 12.6. The van der Waals surface area contributed by atoms with Crippen molar-refractivity contribution >= 4 is 11.5 Å². The van der Waals surface area contributed by atoms with E-state index < -0.39 is 0 Å². The molecule has 0 fully saturated rings. The Balaban J connectivity index is 2.57. The number of nitrogens with two attached hydrogens (primary N) is 1. The number of rotatable bonds is 2. The van der Waals surface area contributed by atoms with E-state index in [4.69, 9.17) is 5.73 Å². The number of benzene rings is 1. The van der Waals surface area contributed by atoms with E-state index in [1.54, 1.807) is 0 Å². The van der Waals surface area contributed by atoms with Crippen molar-refractivity contribution in [3.63, 3.8) is 0 Å². The minimum absolute atomic E-state index is 0.00499. The maximum absolute atomic E-state index is 11.5. The zero-order valence-corrected chi connectivity index (χ0v) is 10.3. The number of hydrogen-bond acceptors (Lipinski definition) is 2. The molecule has 88 valence electrons. The smallest absolute Gasteiger partial charge is 0.163 e. The van der Waals surface area contributed by atoms with Gasteiger partial charge in [-0.1, -0.05) is 29.8 Å². The molecule has 1 aromatic heterocycles. The van der Waals surface area contributed by atoms with Gasteiger partial charge in [0.15, 0.2) is 5.78 Å². The molecule has 0 saturated heterocycles. The average molecular weight is 228 g/mol. The Morgan fingerprint density at radius 1 is 1.18 bits per heavy atom. The Bertz CT molecular complexity index is 565. The Hall–Kier alpha value is -2.03. The lowest BCUT2D eigenvalue weighted by Gasteiger charge is -2.01. The van der Waals surface area contributed by atoms with Crippen LogP contribution in [0.4, 0.5) is 5.69 Å². The molecule has 0 saturated carbocycles. The van der Waals surface area contributed by atoms with Crippen molar-refractivity contribution in [2.24, 2.45) is 0 Å². The molecule has 0 amide bonds. The molecule has 0 spiro atoms. The van der Waals surface area contributed by atoms with E-state index in [0.29, 0.717) is 11.3 Å². The minimum atomic E-state index is -0.00499. The molecule has 0 aliphatic rings. The topological polar surface area (TPSA) is 58.9 Å². The van der Waals surface area contributed by atoms with Crippen LogP contribution < -0.4 is 5.73 Å². The molecule has 0 aliphatic carbocycles. The molecule has 0 radical (unpaired) electrons. The first-order valence-corrected chi connectivity index (χ1v) is 5.56. The summed E-state index contributed by atoms with van der Waals surface area (Å²) in [4.78, 5) is 14.7. The highest BCUT2D eigenvalue weighted by Crippen LogP contribution is 2.30. The number of Topliss-reactive ketones (excluding diaryl/α,β-unsaturated/α-hetero) is 1. The fourth-order valence-electron chi connectivity index (χ4n) is 2.05. The Morgan fingerprint density at radius 3 is 2.24 bits per heavy atom. The molecular formula is C14H16N2O. The lowest BCUT2D eigenvalue weighted by molar-refractivity contribution is 0.101. The summed E-state index contributed by atoms with van der Waals surface area (Å²) in [6.45, 7) is 5.43. The van der Waals surface area contributed by atoms with Crippen LogP contribution in [0.15, 0.2) is 24.3 Å². The summed E-state index contributed by atoms with van der Waals surface area (Å²) in [5, 5.41) is 0. The Kier molecular flexibility index (Phi) is 2.76. The molecule has 3 nitrogen and oxygen atoms in total. The van der Waals surface area contributed by atoms with Gasteiger partial charge in [-0.2, -0.15) is 0 Å². The predicted octanol–water partition coefficient (Wildman–Crippen LogP) is 3.08. The number of carbonyl (C=O) groups is 1.